The third-order valence-corrected chi connectivity index (χ3v) is 3.17. The summed E-state index contributed by atoms with van der Waals surface area (Å²) in [5, 5.41) is 8.97. The Balaban J connectivity index is 2.69. The number of carbonyl (C=O) groups is 1. The van der Waals surface area contributed by atoms with E-state index in [0.29, 0.717) is 13.0 Å². The molecule has 0 aromatic heterocycles. The van der Waals surface area contributed by atoms with Crippen LogP contribution in [0.5, 0.6) is 0 Å². The van der Waals surface area contributed by atoms with Gasteiger partial charge in [-0.2, -0.15) is 0 Å². The quantitative estimate of drug-likeness (QED) is 0.575. The van der Waals surface area contributed by atoms with Gasteiger partial charge in [-0.1, -0.05) is 0 Å². The smallest absolute Gasteiger partial charge is 0.407 e. The second-order valence-corrected chi connectivity index (χ2v) is 4.10. The Bertz CT molecular complexity index is 272. The van der Waals surface area contributed by atoms with E-state index in [4.69, 9.17) is 19.3 Å². The third-order valence-electron chi connectivity index (χ3n) is 3.17. The van der Waals surface area contributed by atoms with Gasteiger partial charge in [-0.25, -0.2) is 4.79 Å². The monoisotopic (exact) mass is 265 g/mol. The van der Waals surface area contributed by atoms with E-state index in [9.17, 15) is 9.18 Å². The van der Waals surface area contributed by atoms with Crippen LogP contribution in [0.15, 0.2) is 0 Å². The Morgan fingerprint density at radius 2 is 2.17 bits per heavy atom. The fraction of sp³-hybridized carbons (Fsp3) is 0.909. The van der Waals surface area contributed by atoms with Crippen molar-refractivity contribution in [3.05, 3.63) is 0 Å². The summed E-state index contributed by atoms with van der Waals surface area (Å²) in [4.78, 5) is 12.2. The van der Waals surface area contributed by atoms with E-state index in [0.717, 1.165) is 0 Å². The summed E-state index contributed by atoms with van der Waals surface area (Å²) in [5.74, 6) is -0.956. The van der Waals surface area contributed by atoms with Crippen LogP contribution in [0.2, 0.25) is 0 Å². The highest BCUT2D eigenvalue weighted by atomic mass is 19.1. The highest BCUT2D eigenvalue weighted by molar-refractivity contribution is 5.65. The predicted octanol–water partition coefficient (Wildman–Crippen LogP) is 1.10. The molecule has 7 heteroatoms. The molecule has 1 aliphatic heterocycles. The van der Waals surface area contributed by atoms with Crippen molar-refractivity contribution < 1.29 is 28.5 Å². The topological polar surface area (TPSA) is 68.2 Å². The number of amides is 1. The number of ether oxygens (including phenoxy) is 3. The molecule has 0 radical (unpaired) electrons. The van der Waals surface area contributed by atoms with Crippen LogP contribution in [0.3, 0.4) is 0 Å². The largest absolute Gasteiger partial charge is 0.465 e. The van der Waals surface area contributed by atoms with Crippen molar-refractivity contribution in [2.45, 2.75) is 24.7 Å². The first kappa shape index (κ1) is 15.1. The maximum atomic E-state index is 12.1. The molecule has 1 fully saturated rings. The van der Waals surface area contributed by atoms with Crippen LogP contribution in [-0.4, -0.2) is 68.6 Å². The van der Waals surface area contributed by atoms with E-state index in [1.54, 1.807) is 0 Å². The van der Waals surface area contributed by atoms with Gasteiger partial charge in [0, 0.05) is 33.8 Å². The molecule has 106 valence electrons. The SMILES string of the molecule is COC1(OC)CCN(C(=O)O)CC1OCCCF. The van der Waals surface area contributed by atoms with Gasteiger partial charge in [-0.15, -0.1) is 0 Å². The number of alkyl halides is 1. The second-order valence-electron chi connectivity index (χ2n) is 4.10. The Kier molecular flexibility index (Phi) is 5.77. The van der Waals surface area contributed by atoms with Crippen molar-refractivity contribution in [1.82, 2.24) is 4.90 Å². The summed E-state index contributed by atoms with van der Waals surface area (Å²) < 4.78 is 28.2. The van der Waals surface area contributed by atoms with Gasteiger partial charge in [-0.3, -0.25) is 4.39 Å². The van der Waals surface area contributed by atoms with Gasteiger partial charge in [0.2, 0.25) is 0 Å². The zero-order chi connectivity index (χ0) is 13.6. The summed E-state index contributed by atoms with van der Waals surface area (Å²) >= 11 is 0. The minimum absolute atomic E-state index is 0.156. The van der Waals surface area contributed by atoms with Crippen molar-refractivity contribution in [2.24, 2.45) is 0 Å². The molecule has 1 unspecified atom stereocenters. The van der Waals surface area contributed by atoms with Gasteiger partial charge in [0.15, 0.2) is 5.79 Å². The second kappa shape index (κ2) is 6.86. The first-order valence-electron chi connectivity index (χ1n) is 5.85. The molecule has 0 aromatic rings. The molecule has 1 atom stereocenters. The van der Waals surface area contributed by atoms with E-state index < -0.39 is 24.7 Å². The van der Waals surface area contributed by atoms with E-state index in [1.807, 2.05) is 0 Å². The molecule has 0 aromatic carbocycles. The summed E-state index contributed by atoms with van der Waals surface area (Å²) in [5.41, 5.74) is 0. The van der Waals surface area contributed by atoms with Gasteiger partial charge in [0.05, 0.1) is 13.2 Å². The van der Waals surface area contributed by atoms with Crippen LogP contribution in [0, 0.1) is 0 Å². The van der Waals surface area contributed by atoms with Gasteiger partial charge >= 0.3 is 6.09 Å². The maximum absolute atomic E-state index is 12.1. The van der Waals surface area contributed by atoms with Crippen LogP contribution in [0.1, 0.15) is 12.8 Å². The highest BCUT2D eigenvalue weighted by Gasteiger charge is 2.46. The molecular weight excluding hydrogens is 245 g/mol. The lowest BCUT2D eigenvalue weighted by Crippen LogP contribution is -2.59. The van der Waals surface area contributed by atoms with Crippen LogP contribution in [0.4, 0.5) is 9.18 Å². The number of piperidine rings is 1. The molecule has 1 saturated heterocycles. The number of hydrogen-bond donors (Lipinski definition) is 1. The van der Waals surface area contributed by atoms with E-state index in [2.05, 4.69) is 0 Å². The molecule has 0 aliphatic carbocycles. The van der Waals surface area contributed by atoms with E-state index in [1.165, 1.54) is 19.1 Å². The van der Waals surface area contributed by atoms with Crippen molar-refractivity contribution in [1.29, 1.82) is 0 Å². The van der Waals surface area contributed by atoms with Crippen LogP contribution < -0.4 is 0 Å². The average Bonchev–Trinajstić information content (AvgIpc) is 2.39. The number of halogens is 1. The lowest BCUT2D eigenvalue weighted by Gasteiger charge is -2.44. The van der Waals surface area contributed by atoms with Crippen molar-refractivity contribution >= 4 is 6.09 Å². The number of hydrogen-bond acceptors (Lipinski definition) is 4. The third kappa shape index (κ3) is 3.30. The molecule has 0 bridgehead atoms. The molecule has 1 N–H and O–H groups in total. The molecule has 1 rings (SSSR count). The van der Waals surface area contributed by atoms with Crippen molar-refractivity contribution in [3.63, 3.8) is 0 Å². The molecule has 0 saturated carbocycles. The highest BCUT2D eigenvalue weighted by Crippen LogP contribution is 2.29. The van der Waals surface area contributed by atoms with E-state index in [-0.39, 0.29) is 19.6 Å². The van der Waals surface area contributed by atoms with Crippen molar-refractivity contribution in [2.75, 3.05) is 40.6 Å². The number of rotatable bonds is 6. The first-order valence-corrected chi connectivity index (χ1v) is 5.85. The lowest BCUT2D eigenvalue weighted by molar-refractivity contribution is -0.286. The molecule has 18 heavy (non-hydrogen) atoms. The van der Waals surface area contributed by atoms with Crippen LogP contribution in [-0.2, 0) is 14.2 Å². The van der Waals surface area contributed by atoms with E-state index >= 15 is 0 Å². The fourth-order valence-corrected chi connectivity index (χ4v) is 2.07. The number of methoxy groups -OCH3 is 2. The number of carboxylic acid groups (broad SMARTS) is 1. The first-order chi connectivity index (χ1) is 8.59. The molecule has 6 nitrogen and oxygen atoms in total. The minimum atomic E-state index is -1.00. The standard InChI is InChI=1S/C11H20FNO5/c1-16-11(17-2)4-6-13(10(14)15)8-9(11)18-7-3-5-12/h9H,3-8H2,1-2H3,(H,14,15). The predicted molar refractivity (Wildman–Crippen MR) is 61.3 cm³/mol. The normalized spacial score (nSPS) is 23.1. The van der Waals surface area contributed by atoms with Crippen LogP contribution in [0.25, 0.3) is 0 Å². The van der Waals surface area contributed by atoms with Crippen LogP contribution >= 0.6 is 0 Å². The zero-order valence-electron chi connectivity index (χ0n) is 10.7. The average molecular weight is 265 g/mol. The molecule has 0 spiro atoms. The summed E-state index contributed by atoms with van der Waals surface area (Å²) in [6.45, 7) is 0.217. The molecule has 1 amide bonds. The summed E-state index contributed by atoms with van der Waals surface area (Å²) in [6, 6.07) is 0. The Morgan fingerprint density at radius 3 is 2.67 bits per heavy atom. The van der Waals surface area contributed by atoms with Gasteiger partial charge in [0.1, 0.15) is 6.10 Å². The molecule has 1 heterocycles. The molecular formula is C11H20FNO5. The Hall–Kier alpha value is -0.920. The number of likely N-dealkylation sites (tertiary alicyclic amines) is 1. The van der Waals surface area contributed by atoms with Gasteiger partial charge < -0.3 is 24.2 Å². The maximum Gasteiger partial charge on any atom is 0.407 e. The minimum Gasteiger partial charge on any atom is -0.465 e. The van der Waals surface area contributed by atoms with Gasteiger partial charge in [-0.05, 0) is 6.42 Å². The lowest BCUT2D eigenvalue weighted by atomic mass is 10.00. The fourth-order valence-electron chi connectivity index (χ4n) is 2.07. The molecule has 1 aliphatic rings. The Morgan fingerprint density at radius 1 is 1.50 bits per heavy atom. The summed E-state index contributed by atoms with van der Waals surface area (Å²) in [7, 11) is 2.98. The zero-order valence-corrected chi connectivity index (χ0v) is 10.7. The van der Waals surface area contributed by atoms with Crippen molar-refractivity contribution in [3.8, 4) is 0 Å². The summed E-state index contributed by atoms with van der Waals surface area (Å²) in [6.07, 6.45) is -0.904. The Labute approximate surface area is 106 Å². The number of nitrogens with zero attached hydrogens (tertiary/aromatic N) is 1. The van der Waals surface area contributed by atoms with Gasteiger partial charge in [0.25, 0.3) is 0 Å².